The lowest BCUT2D eigenvalue weighted by Gasteiger charge is -2.30. The van der Waals surface area contributed by atoms with Crippen LogP contribution in [0.5, 0.6) is 0 Å². The van der Waals surface area contributed by atoms with Gasteiger partial charge < -0.3 is 9.94 Å². The summed E-state index contributed by atoms with van der Waals surface area (Å²) in [6.07, 6.45) is 4.50. The fraction of sp³-hybridized carbons (Fsp3) is 0.818. The zero-order valence-corrected chi connectivity index (χ0v) is 9.57. The van der Waals surface area contributed by atoms with Crippen molar-refractivity contribution >= 4 is 11.8 Å². The number of nitrogens with one attached hydrogen (secondary N) is 1. The number of rotatable bonds is 8. The van der Waals surface area contributed by atoms with Crippen molar-refractivity contribution in [2.75, 3.05) is 6.61 Å². The molecule has 0 aliphatic carbocycles. The van der Waals surface area contributed by atoms with Gasteiger partial charge in [-0.25, -0.2) is 4.79 Å². The molecule has 0 aromatic heterocycles. The smallest absolute Gasteiger partial charge is 0.346 e. The molecule has 5 heteroatoms. The number of Topliss-reactive ketones (excluding diaryl/α,β-unsaturated/α-hetero) is 1. The van der Waals surface area contributed by atoms with E-state index in [-0.39, 0.29) is 12.4 Å². The normalized spacial score (nSPS) is 21.1. The molecule has 2 unspecified atom stereocenters. The maximum Gasteiger partial charge on any atom is 0.346 e. The standard InChI is InChI=1S/C11H19NO4/c1-2-3-4-5-6-9(14)8(7-13)10-11(15)16-12-10/h8,10,12-13H,2-7H2,1H3. The highest BCUT2D eigenvalue weighted by atomic mass is 16.7. The molecular formula is C11H19NO4. The molecule has 1 aliphatic rings. The quantitative estimate of drug-likeness (QED) is 0.595. The van der Waals surface area contributed by atoms with Crippen molar-refractivity contribution in [1.82, 2.24) is 5.48 Å². The molecule has 0 spiro atoms. The Morgan fingerprint density at radius 1 is 1.50 bits per heavy atom. The van der Waals surface area contributed by atoms with Gasteiger partial charge in [-0.05, 0) is 6.42 Å². The highest BCUT2D eigenvalue weighted by Crippen LogP contribution is 2.16. The van der Waals surface area contributed by atoms with Gasteiger partial charge in [-0.3, -0.25) is 4.79 Å². The molecule has 2 N–H and O–H groups in total. The Morgan fingerprint density at radius 3 is 2.69 bits per heavy atom. The van der Waals surface area contributed by atoms with E-state index in [0.717, 1.165) is 25.7 Å². The van der Waals surface area contributed by atoms with Crippen molar-refractivity contribution in [2.24, 2.45) is 5.92 Å². The Kier molecular flexibility index (Phi) is 5.42. The van der Waals surface area contributed by atoms with Crippen LogP contribution in [0.1, 0.15) is 39.0 Å². The van der Waals surface area contributed by atoms with E-state index in [2.05, 4.69) is 17.2 Å². The van der Waals surface area contributed by atoms with E-state index in [1.54, 1.807) is 0 Å². The van der Waals surface area contributed by atoms with E-state index in [4.69, 9.17) is 5.11 Å². The van der Waals surface area contributed by atoms with Crippen LogP contribution in [0.3, 0.4) is 0 Å². The summed E-state index contributed by atoms with van der Waals surface area (Å²) >= 11 is 0. The number of aliphatic hydroxyl groups is 1. The van der Waals surface area contributed by atoms with Crippen molar-refractivity contribution in [2.45, 2.75) is 45.1 Å². The first kappa shape index (κ1) is 13.1. The topological polar surface area (TPSA) is 75.6 Å². The average Bonchev–Trinajstić information content (AvgIpc) is 2.29. The Morgan fingerprint density at radius 2 is 2.25 bits per heavy atom. The van der Waals surface area contributed by atoms with E-state index < -0.39 is 17.9 Å². The second-order valence-electron chi connectivity index (χ2n) is 4.08. The SMILES string of the molecule is CCCCCCC(=O)C(CO)C1NOC1=O. The lowest BCUT2D eigenvalue weighted by atomic mass is 9.92. The molecular weight excluding hydrogens is 210 g/mol. The van der Waals surface area contributed by atoms with Crippen molar-refractivity contribution in [1.29, 1.82) is 0 Å². The summed E-state index contributed by atoms with van der Waals surface area (Å²) in [5.74, 6) is -1.17. The zero-order valence-electron chi connectivity index (χ0n) is 9.57. The summed E-state index contributed by atoms with van der Waals surface area (Å²) in [6.45, 7) is 1.80. The van der Waals surface area contributed by atoms with E-state index in [1.165, 1.54) is 0 Å². The van der Waals surface area contributed by atoms with Gasteiger partial charge in [-0.15, -0.1) is 5.48 Å². The van der Waals surface area contributed by atoms with Crippen LogP contribution in [0, 0.1) is 5.92 Å². The summed E-state index contributed by atoms with van der Waals surface area (Å²) in [5, 5.41) is 9.08. The minimum atomic E-state index is -0.650. The van der Waals surface area contributed by atoms with Gasteiger partial charge in [0.25, 0.3) is 0 Å². The summed E-state index contributed by atoms with van der Waals surface area (Å²) in [6, 6.07) is -0.649. The van der Waals surface area contributed by atoms with Crippen molar-refractivity contribution in [3.63, 3.8) is 0 Å². The molecule has 0 bridgehead atoms. The van der Waals surface area contributed by atoms with Crippen molar-refractivity contribution in [3.8, 4) is 0 Å². The number of carbonyl (C=O) groups is 2. The van der Waals surface area contributed by atoms with Gasteiger partial charge in [0.05, 0.1) is 12.5 Å². The van der Waals surface area contributed by atoms with Crippen LogP contribution in [-0.2, 0) is 14.4 Å². The van der Waals surface area contributed by atoms with Crippen LogP contribution in [-0.4, -0.2) is 29.5 Å². The van der Waals surface area contributed by atoms with Crippen LogP contribution < -0.4 is 5.48 Å². The van der Waals surface area contributed by atoms with Gasteiger partial charge in [0, 0.05) is 6.42 Å². The second kappa shape index (κ2) is 6.60. The number of hydrogen-bond donors (Lipinski definition) is 2. The second-order valence-corrected chi connectivity index (χ2v) is 4.08. The molecule has 92 valence electrons. The Bertz CT molecular complexity index is 254. The summed E-state index contributed by atoms with van der Waals surface area (Å²) < 4.78 is 0. The van der Waals surface area contributed by atoms with Gasteiger partial charge in [-0.2, -0.15) is 0 Å². The largest absolute Gasteiger partial charge is 0.396 e. The van der Waals surface area contributed by atoms with E-state index in [9.17, 15) is 9.59 Å². The Labute approximate surface area is 95.1 Å². The molecule has 1 rings (SSSR count). The molecule has 0 amide bonds. The van der Waals surface area contributed by atoms with Crippen LogP contribution in [0.4, 0.5) is 0 Å². The van der Waals surface area contributed by atoms with Crippen LogP contribution in [0.15, 0.2) is 0 Å². The fourth-order valence-corrected chi connectivity index (χ4v) is 1.73. The predicted molar refractivity (Wildman–Crippen MR) is 57.4 cm³/mol. The molecule has 1 fully saturated rings. The third kappa shape index (κ3) is 3.28. The summed E-state index contributed by atoms with van der Waals surface area (Å²) in [4.78, 5) is 27.0. The number of ketones is 1. The molecule has 0 radical (unpaired) electrons. The first-order chi connectivity index (χ1) is 7.70. The molecule has 1 heterocycles. The van der Waals surface area contributed by atoms with Crippen LogP contribution in [0.25, 0.3) is 0 Å². The predicted octanol–water partition coefficient (Wildman–Crippen LogP) is 0.564. The molecule has 0 saturated carbocycles. The molecule has 0 aromatic carbocycles. The zero-order chi connectivity index (χ0) is 12.0. The number of carbonyl (C=O) groups excluding carboxylic acids is 2. The maximum absolute atomic E-state index is 11.7. The molecule has 2 atom stereocenters. The highest BCUT2D eigenvalue weighted by molar-refractivity contribution is 5.90. The minimum Gasteiger partial charge on any atom is -0.396 e. The fourth-order valence-electron chi connectivity index (χ4n) is 1.73. The van der Waals surface area contributed by atoms with Crippen molar-refractivity contribution in [3.05, 3.63) is 0 Å². The molecule has 16 heavy (non-hydrogen) atoms. The van der Waals surface area contributed by atoms with Crippen molar-refractivity contribution < 1.29 is 19.5 Å². The van der Waals surface area contributed by atoms with Gasteiger partial charge in [0.2, 0.25) is 0 Å². The number of unbranched alkanes of at least 4 members (excludes halogenated alkanes) is 3. The first-order valence-electron chi connectivity index (χ1n) is 5.80. The third-order valence-corrected chi connectivity index (χ3v) is 2.83. The lowest BCUT2D eigenvalue weighted by molar-refractivity contribution is -0.187. The van der Waals surface area contributed by atoms with Crippen LogP contribution >= 0.6 is 0 Å². The number of hydroxylamine groups is 1. The van der Waals surface area contributed by atoms with E-state index >= 15 is 0 Å². The van der Waals surface area contributed by atoms with Gasteiger partial charge in [-0.1, -0.05) is 26.2 Å². The number of hydrogen-bond acceptors (Lipinski definition) is 5. The lowest BCUT2D eigenvalue weighted by Crippen LogP contribution is -2.58. The number of aliphatic hydroxyl groups excluding tert-OH is 1. The van der Waals surface area contributed by atoms with Gasteiger partial charge in [0.1, 0.15) is 5.78 Å². The van der Waals surface area contributed by atoms with E-state index in [0.29, 0.717) is 6.42 Å². The Hall–Kier alpha value is -0.940. The maximum atomic E-state index is 11.7. The molecule has 0 aromatic rings. The van der Waals surface area contributed by atoms with E-state index in [1.807, 2.05) is 0 Å². The Balaban J connectivity index is 2.29. The third-order valence-electron chi connectivity index (χ3n) is 2.83. The molecule has 1 aliphatic heterocycles. The summed E-state index contributed by atoms with van der Waals surface area (Å²) in [5.41, 5.74) is 2.40. The van der Waals surface area contributed by atoms with Gasteiger partial charge in [0.15, 0.2) is 6.04 Å². The first-order valence-corrected chi connectivity index (χ1v) is 5.80. The minimum absolute atomic E-state index is 0.0623. The average molecular weight is 229 g/mol. The molecule has 5 nitrogen and oxygen atoms in total. The molecule has 1 saturated heterocycles. The highest BCUT2D eigenvalue weighted by Gasteiger charge is 2.41. The summed E-state index contributed by atoms with van der Waals surface area (Å²) in [7, 11) is 0. The van der Waals surface area contributed by atoms with Gasteiger partial charge >= 0.3 is 5.97 Å². The monoisotopic (exact) mass is 229 g/mol. The van der Waals surface area contributed by atoms with Crippen LogP contribution in [0.2, 0.25) is 0 Å².